The lowest BCUT2D eigenvalue weighted by Gasteiger charge is -2.14. The van der Waals surface area contributed by atoms with Gasteiger partial charge in [-0.25, -0.2) is 4.98 Å². The maximum atomic E-state index is 13.6. The molecule has 0 radical (unpaired) electrons. The van der Waals surface area contributed by atoms with Gasteiger partial charge in [0.15, 0.2) is 10.9 Å². The zero-order chi connectivity index (χ0) is 27.7. The van der Waals surface area contributed by atoms with E-state index in [0.29, 0.717) is 27.7 Å². The van der Waals surface area contributed by atoms with Crippen LogP contribution in [0.3, 0.4) is 0 Å². The van der Waals surface area contributed by atoms with Gasteiger partial charge in [-0.3, -0.25) is 19.0 Å². The van der Waals surface area contributed by atoms with E-state index in [0.717, 1.165) is 23.9 Å². The summed E-state index contributed by atoms with van der Waals surface area (Å²) in [5.74, 6) is -1.05. The quantitative estimate of drug-likeness (QED) is 0.153. The molecule has 0 spiro atoms. The normalized spacial score (nSPS) is 11.6. The fourth-order valence-corrected chi connectivity index (χ4v) is 4.78. The van der Waals surface area contributed by atoms with E-state index < -0.39 is 17.7 Å². The lowest BCUT2D eigenvalue weighted by Crippen LogP contribution is -2.23. The highest BCUT2D eigenvalue weighted by Crippen LogP contribution is 2.28. The number of H-pyrrole nitrogens is 1. The number of ether oxygens (including phenoxy) is 1. The van der Waals surface area contributed by atoms with Crippen LogP contribution in [0.4, 0.5) is 18.9 Å². The molecule has 39 heavy (non-hydrogen) atoms. The summed E-state index contributed by atoms with van der Waals surface area (Å²) < 4.78 is 43.0. The molecule has 0 aliphatic carbocycles. The van der Waals surface area contributed by atoms with Gasteiger partial charge in [0.25, 0.3) is 5.56 Å². The summed E-state index contributed by atoms with van der Waals surface area (Å²) in [4.78, 5) is 45.5. The van der Waals surface area contributed by atoms with Crippen molar-refractivity contribution in [1.82, 2.24) is 14.5 Å². The van der Waals surface area contributed by atoms with Gasteiger partial charge in [-0.05, 0) is 61.5 Å². The molecule has 0 fully saturated rings. The van der Waals surface area contributed by atoms with E-state index >= 15 is 0 Å². The lowest BCUT2D eigenvalue weighted by atomic mass is 10.1. The Kier molecular flexibility index (Phi) is 6.87. The second-order valence-electron chi connectivity index (χ2n) is 8.44. The van der Waals surface area contributed by atoms with Gasteiger partial charge in [-0.15, -0.1) is 13.2 Å². The Morgan fingerprint density at radius 2 is 1.72 bits per heavy atom. The third kappa shape index (κ3) is 5.65. The Morgan fingerprint density at radius 1 is 1.03 bits per heavy atom. The molecule has 5 rings (SSSR count). The summed E-state index contributed by atoms with van der Waals surface area (Å²) in [7, 11) is 0. The SMILES string of the molecule is CC(=O)c1ccc(NC(=O)CSc2nc3c([nH]c4ccccc43)c(=O)n2-c2ccc(OC(F)(F)F)cc2)cc1. The molecule has 0 bridgehead atoms. The van der Waals surface area contributed by atoms with Crippen molar-refractivity contribution >= 4 is 51.1 Å². The Bertz CT molecular complexity index is 1760. The highest BCUT2D eigenvalue weighted by Gasteiger charge is 2.31. The fourth-order valence-electron chi connectivity index (χ4n) is 3.98. The van der Waals surface area contributed by atoms with Crippen LogP contribution in [-0.4, -0.2) is 38.3 Å². The third-order valence-electron chi connectivity index (χ3n) is 5.73. The number of carbonyl (C=O) groups is 2. The summed E-state index contributed by atoms with van der Waals surface area (Å²) in [6.45, 7) is 1.44. The van der Waals surface area contributed by atoms with Crippen molar-refractivity contribution < 1.29 is 27.5 Å². The van der Waals surface area contributed by atoms with Crippen LogP contribution in [0.15, 0.2) is 82.7 Å². The molecule has 0 saturated carbocycles. The number of fused-ring (bicyclic) bond motifs is 3. The number of alkyl halides is 3. The average Bonchev–Trinajstić information content (AvgIpc) is 3.27. The number of rotatable bonds is 7. The third-order valence-corrected chi connectivity index (χ3v) is 6.67. The topological polar surface area (TPSA) is 106 Å². The van der Waals surface area contributed by atoms with Gasteiger partial charge in [0.05, 0.1) is 11.4 Å². The molecule has 0 aliphatic heterocycles. The number of Topliss-reactive ketones (excluding diaryl/α,β-unsaturated/α-hetero) is 1. The van der Waals surface area contributed by atoms with Crippen LogP contribution in [0.2, 0.25) is 0 Å². The van der Waals surface area contributed by atoms with E-state index in [9.17, 15) is 27.6 Å². The zero-order valence-electron chi connectivity index (χ0n) is 20.2. The van der Waals surface area contributed by atoms with Crippen molar-refractivity contribution in [2.75, 3.05) is 11.1 Å². The number of aromatic nitrogens is 3. The van der Waals surface area contributed by atoms with Crippen molar-refractivity contribution in [1.29, 1.82) is 0 Å². The number of para-hydroxylation sites is 1. The summed E-state index contributed by atoms with van der Waals surface area (Å²) in [6, 6.07) is 18.4. The molecule has 2 heterocycles. The number of nitrogens with zero attached hydrogens (tertiary/aromatic N) is 2. The Morgan fingerprint density at radius 3 is 2.38 bits per heavy atom. The van der Waals surface area contributed by atoms with Crippen LogP contribution in [0.5, 0.6) is 5.75 Å². The molecule has 2 N–H and O–H groups in total. The number of aromatic amines is 1. The summed E-state index contributed by atoms with van der Waals surface area (Å²) in [5.41, 5.74) is 2.07. The standard InChI is InChI=1S/C27H19F3N4O4S/c1-15(35)16-6-8-17(9-7-16)31-22(36)14-39-26-33-23-20-4-2-3-5-21(20)32-24(23)25(37)34(26)18-10-12-19(13-11-18)38-27(28,29)30/h2-13,32H,14H2,1H3,(H,31,36). The van der Waals surface area contributed by atoms with E-state index in [4.69, 9.17) is 0 Å². The first kappa shape index (κ1) is 26.0. The molecule has 0 atom stereocenters. The molecular formula is C27H19F3N4O4S. The average molecular weight is 553 g/mol. The fraction of sp³-hybridized carbons (Fsp3) is 0.111. The number of anilines is 1. The summed E-state index contributed by atoms with van der Waals surface area (Å²) in [6.07, 6.45) is -4.86. The second-order valence-corrected chi connectivity index (χ2v) is 9.38. The van der Waals surface area contributed by atoms with E-state index in [1.165, 1.54) is 23.6 Å². The zero-order valence-corrected chi connectivity index (χ0v) is 21.0. The van der Waals surface area contributed by atoms with E-state index in [2.05, 4.69) is 20.0 Å². The van der Waals surface area contributed by atoms with Gasteiger partial charge in [-0.1, -0.05) is 30.0 Å². The molecule has 5 aromatic rings. The Labute approximate surface area is 222 Å². The molecule has 3 aromatic carbocycles. The number of benzene rings is 3. The summed E-state index contributed by atoms with van der Waals surface area (Å²) in [5, 5.41) is 3.61. The number of hydrogen-bond donors (Lipinski definition) is 2. The van der Waals surface area contributed by atoms with Gasteiger partial charge in [0, 0.05) is 22.2 Å². The molecule has 0 saturated heterocycles. The number of amides is 1. The van der Waals surface area contributed by atoms with E-state index in [-0.39, 0.29) is 33.8 Å². The smallest absolute Gasteiger partial charge is 0.406 e. The molecule has 0 aliphatic rings. The first-order chi connectivity index (χ1) is 18.6. The van der Waals surface area contributed by atoms with Crippen LogP contribution in [0.1, 0.15) is 17.3 Å². The van der Waals surface area contributed by atoms with Crippen LogP contribution >= 0.6 is 11.8 Å². The number of carbonyl (C=O) groups excluding carboxylic acids is 2. The van der Waals surface area contributed by atoms with Crippen molar-refractivity contribution in [2.45, 2.75) is 18.4 Å². The molecule has 2 aromatic heterocycles. The Balaban J connectivity index is 1.49. The van der Waals surface area contributed by atoms with Crippen LogP contribution in [-0.2, 0) is 4.79 Å². The highest BCUT2D eigenvalue weighted by atomic mass is 32.2. The first-order valence-electron chi connectivity index (χ1n) is 11.5. The van der Waals surface area contributed by atoms with E-state index in [1.54, 1.807) is 48.5 Å². The predicted molar refractivity (Wildman–Crippen MR) is 142 cm³/mol. The predicted octanol–water partition coefficient (Wildman–Crippen LogP) is 5.70. The van der Waals surface area contributed by atoms with Gasteiger partial charge in [-0.2, -0.15) is 0 Å². The largest absolute Gasteiger partial charge is 0.573 e. The number of thioether (sulfide) groups is 1. The Hall–Kier alpha value is -4.58. The monoisotopic (exact) mass is 552 g/mol. The van der Waals surface area contributed by atoms with Crippen LogP contribution in [0, 0.1) is 0 Å². The molecule has 0 unspecified atom stereocenters. The van der Waals surface area contributed by atoms with Gasteiger partial charge in [0.1, 0.15) is 16.8 Å². The van der Waals surface area contributed by atoms with Crippen molar-refractivity contribution in [3.63, 3.8) is 0 Å². The number of halogens is 3. The molecule has 198 valence electrons. The lowest BCUT2D eigenvalue weighted by molar-refractivity contribution is -0.274. The minimum absolute atomic E-state index is 0.0989. The van der Waals surface area contributed by atoms with Crippen LogP contribution in [0.25, 0.3) is 27.6 Å². The second kappa shape index (κ2) is 10.3. The van der Waals surface area contributed by atoms with Gasteiger partial charge in [0.2, 0.25) is 5.91 Å². The summed E-state index contributed by atoms with van der Waals surface area (Å²) >= 11 is 0.993. The maximum Gasteiger partial charge on any atom is 0.573 e. The number of hydrogen-bond acceptors (Lipinski definition) is 6. The van der Waals surface area contributed by atoms with Crippen molar-refractivity contribution in [2.24, 2.45) is 0 Å². The van der Waals surface area contributed by atoms with Gasteiger partial charge >= 0.3 is 6.36 Å². The highest BCUT2D eigenvalue weighted by molar-refractivity contribution is 7.99. The minimum Gasteiger partial charge on any atom is -0.406 e. The van der Waals surface area contributed by atoms with E-state index in [1.807, 2.05) is 0 Å². The first-order valence-corrected chi connectivity index (χ1v) is 12.5. The molecule has 12 heteroatoms. The van der Waals surface area contributed by atoms with Gasteiger partial charge < -0.3 is 15.0 Å². The molecular weight excluding hydrogens is 533 g/mol. The number of ketones is 1. The number of nitrogens with one attached hydrogen (secondary N) is 2. The van der Waals surface area contributed by atoms with Crippen molar-refractivity contribution in [3.8, 4) is 11.4 Å². The molecule has 8 nitrogen and oxygen atoms in total. The minimum atomic E-state index is -4.86. The maximum absolute atomic E-state index is 13.6. The molecule has 1 amide bonds. The van der Waals surface area contributed by atoms with Crippen LogP contribution < -0.4 is 15.6 Å². The van der Waals surface area contributed by atoms with Crippen molar-refractivity contribution in [3.05, 3.63) is 88.7 Å².